The zero-order chi connectivity index (χ0) is 33.7. The molecule has 1 N–H and O–H groups in total. The maximum atomic E-state index is 14.4. The van der Waals surface area contributed by atoms with E-state index in [9.17, 15) is 9.59 Å². The fourth-order valence-electron chi connectivity index (χ4n) is 7.11. The molecule has 2 atom stereocenters. The maximum Gasteiger partial charge on any atom is 0.415 e. The molecule has 2 aromatic heterocycles. The molecule has 10 nitrogen and oxygen atoms in total. The highest BCUT2D eigenvalue weighted by molar-refractivity contribution is 6.05. The van der Waals surface area contributed by atoms with Crippen LogP contribution in [0.4, 0.5) is 10.5 Å². The van der Waals surface area contributed by atoms with E-state index in [2.05, 4.69) is 65.2 Å². The summed E-state index contributed by atoms with van der Waals surface area (Å²) in [6, 6.07) is 4.05. The Balaban J connectivity index is 1.64. The van der Waals surface area contributed by atoms with Gasteiger partial charge in [-0.25, -0.2) is 14.4 Å². The predicted octanol–water partition coefficient (Wildman–Crippen LogP) is 7.92. The van der Waals surface area contributed by atoms with Crippen LogP contribution in [-0.4, -0.2) is 64.0 Å². The van der Waals surface area contributed by atoms with E-state index in [1.807, 2.05) is 26.0 Å². The topological polar surface area (TPSA) is 103 Å². The number of morpholine rings is 1. The van der Waals surface area contributed by atoms with Crippen molar-refractivity contribution >= 4 is 23.4 Å². The molecule has 1 amide bonds. The highest BCUT2D eigenvalue weighted by Gasteiger charge is 2.48. The summed E-state index contributed by atoms with van der Waals surface area (Å²) in [6.07, 6.45) is 0.900. The van der Waals surface area contributed by atoms with Crippen molar-refractivity contribution in [1.82, 2.24) is 19.5 Å². The Morgan fingerprint density at radius 2 is 1.57 bits per heavy atom. The SMILES string of the molecule is [C-]#[N+]c1c(C(=O)OC2C(C(C)(C)C)CC(C)CC2C(C)(C)C)c2[nH]c(-c3cc(C)c(C)c(C)c3)nn2c1OC(=O)N1CCOCC1. The van der Waals surface area contributed by atoms with Gasteiger partial charge in [-0.1, -0.05) is 48.5 Å². The second-order valence-corrected chi connectivity index (χ2v) is 15.5. The molecule has 1 aliphatic heterocycles. The molecule has 2 fully saturated rings. The molecule has 1 aromatic carbocycles. The molecule has 2 aliphatic rings. The first-order valence-corrected chi connectivity index (χ1v) is 16.4. The van der Waals surface area contributed by atoms with Crippen LogP contribution in [0.15, 0.2) is 12.1 Å². The fourth-order valence-corrected chi connectivity index (χ4v) is 7.11. The number of esters is 1. The van der Waals surface area contributed by atoms with Gasteiger partial charge < -0.3 is 24.1 Å². The average Bonchev–Trinajstić information content (AvgIpc) is 3.53. The minimum atomic E-state index is -0.624. The van der Waals surface area contributed by atoms with Gasteiger partial charge in [0.1, 0.15) is 17.3 Å². The van der Waals surface area contributed by atoms with Gasteiger partial charge in [-0.3, -0.25) is 0 Å². The van der Waals surface area contributed by atoms with E-state index in [4.69, 9.17) is 25.9 Å². The molecule has 5 rings (SSSR count). The third kappa shape index (κ3) is 6.39. The molecular weight excluding hydrogens is 582 g/mol. The third-order valence-electron chi connectivity index (χ3n) is 10.1. The minimum Gasteiger partial charge on any atom is -0.459 e. The van der Waals surface area contributed by atoms with Gasteiger partial charge in [0.15, 0.2) is 5.82 Å². The van der Waals surface area contributed by atoms with Crippen molar-refractivity contribution < 1.29 is 23.8 Å². The number of aromatic amines is 1. The lowest BCUT2D eigenvalue weighted by molar-refractivity contribution is -0.0922. The first-order valence-electron chi connectivity index (χ1n) is 16.4. The molecular formula is C36H49N5O5. The van der Waals surface area contributed by atoms with E-state index < -0.39 is 12.1 Å². The van der Waals surface area contributed by atoms with E-state index in [0.29, 0.717) is 38.0 Å². The number of aromatic nitrogens is 3. The zero-order valence-corrected chi connectivity index (χ0v) is 29.0. The highest BCUT2D eigenvalue weighted by atomic mass is 16.6. The number of fused-ring (bicyclic) bond motifs is 1. The summed E-state index contributed by atoms with van der Waals surface area (Å²) >= 11 is 0. The number of nitrogens with one attached hydrogen (secondary N) is 1. The summed E-state index contributed by atoms with van der Waals surface area (Å²) in [4.78, 5) is 36.3. The summed E-state index contributed by atoms with van der Waals surface area (Å²) in [7, 11) is 0. The van der Waals surface area contributed by atoms with E-state index in [1.54, 1.807) is 0 Å². The number of rotatable bonds is 4. The molecule has 46 heavy (non-hydrogen) atoms. The Labute approximate surface area is 272 Å². The number of nitrogens with zero attached hydrogens (tertiary/aromatic N) is 4. The second kappa shape index (κ2) is 12.4. The molecule has 1 saturated heterocycles. The van der Waals surface area contributed by atoms with Crippen molar-refractivity contribution in [2.45, 2.75) is 88.2 Å². The number of amides is 1. The van der Waals surface area contributed by atoms with Crippen LogP contribution in [0, 0.1) is 55.9 Å². The van der Waals surface area contributed by atoms with Gasteiger partial charge in [-0.15, -0.1) is 5.10 Å². The first-order chi connectivity index (χ1) is 21.5. The summed E-state index contributed by atoms with van der Waals surface area (Å²) in [5, 5.41) is 4.76. The largest absolute Gasteiger partial charge is 0.459 e. The number of aryl methyl sites for hydroxylation is 2. The molecule has 1 saturated carbocycles. The van der Waals surface area contributed by atoms with Crippen LogP contribution >= 0.6 is 0 Å². The van der Waals surface area contributed by atoms with Crippen molar-refractivity contribution in [3.8, 4) is 17.3 Å². The van der Waals surface area contributed by atoms with Crippen LogP contribution in [0.2, 0.25) is 0 Å². The van der Waals surface area contributed by atoms with Crippen molar-refractivity contribution in [3.05, 3.63) is 45.8 Å². The van der Waals surface area contributed by atoms with Crippen molar-refractivity contribution in [1.29, 1.82) is 0 Å². The normalized spacial score (nSPS) is 22.5. The molecule has 1 aliphatic carbocycles. The van der Waals surface area contributed by atoms with Crippen LogP contribution in [0.25, 0.3) is 21.9 Å². The van der Waals surface area contributed by atoms with Crippen molar-refractivity contribution in [3.63, 3.8) is 0 Å². The molecule has 2 unspecified atom stereocenters. The number of hydrogen-bond donors (Lipinski definition) is 1. The van der Waals surface area contributed by atoms with Gasteiger partial charge in [0.25, 0.3) is 5.69 Å². The van der Waals surface area contributed by atoms with E-state index in [1.165, 1.54) is 15.0 Å². The summed E-state index contributed by atoms with van der Waals surface area (Å²) in [6.45, 7) is 31.3. The number of H-pyrrole nitrogens is 1. The number of carbonyl (C=O) groups excluding carboxylic acids is 2. The lowest BCUT2D eigenvalue weighted by atomic mass is 9.59. The molecule has 248 valence electrons. The molecule has 3 aromatic rings. The fraction of sp³-hybridized carbons (Fsp3) is 0.611. The number of carbonyl (C=O) groups is 2. The quantitative estimate of drug-likeness (QED) is 0.232. The maximum absolute atomic E-state index is 14.4. The van der Waals surface area contributed by atoms with Crippen molar-refractivity contribution in [2.75, 3.05) is 26.3 Å². The van der Waals surface area contributed by atoms with Gasteiger partial charge in [-0.05, 0) is 79.2 Å². The van der Waals surface area contributed by atoms with Crippen molar-refractivity contribution in [2.24, 2.45) is 28.6 Å². The minimum absolute atomic E-state index is 0.0259. The summed E-state index contributed by atoms with van der Waals surface area (Å²) < 4.78 is 19.2. The Hall–Kier alpha value is -3.84. The molecule has 10 heteroatoms. The second-order valence-electron chi connectivity index (χ2n) is 15.5. The smallest absolute Gasteiger partial charge is 0.415 e. The van der Waals surface area contributed by atoms with Crippen LogP contribution in [-0.2, 0) is 9.47 Å². The number of hydrogen-bond acceptors (Lipinski definition) is 6. The molecule has 0 radical (unpaired) electrons. The average molecular weight is 632 g/mol. The summed E-state index contributed by atoms with van der Waals surface area (Å²) in [5.41, 5.74) is 4.18. The van der Waals surface area contributed by atoms with Gasteiger partial charge in [0.05, 0.1) is 19.8 Å². The predicted molar refractivity (Wildman–Crippen MR) is 177 cm³/mol. The number of benzene rings is 1. The van der Waals surface area contributed by atoms with E-state index >= 15 is 0 Å². The van der Waals surface area contributed by atoms with Crippen LogP contribution in [0.5, 0.6) is 5.88 Å². The molecule has 3 heterocycles. The highest BCUT2D eigenvalue weighted by Crippen LogP contribution is 2.50. The molecule has 0 bridgehead atoms. The Kier molecular flexibility index (Phi) is 9.04. The van der Waals surface area contributed by atoms with Crippen LogP contribution in [0.1, 0.15) is 88.4 Å². The van der Waals surface area contributed by atoms with Crippen LogP contribution < -0.4 is 4.74 Å². The van der Waals surface area contributed by atoms with Gasteiger partial charge in [-0.2, -0.15) is 4.52 Å². The van der Waals surface area contributed by atoms with E-state index in [-0.39, 0.29) is 51.5 Å². The summed E-state index contributed by atoms with van der Waals surface area (Å²) in [5.74, 6) is 0.496. The Morgan fingerprint density at radius 1 is 1.00 bits per heavy atom. The Morgan fingerprint density at radius 3 is 2.09 bits per heavy atom. The van der Waals surface area contributed by atoms with E-state index in [0.717, 1.165) is 29.5 Å². The zero-order valence-electron chi connectivity index (χ0n) is 29.0. The number of ether oxygens (including phenoxy) is 3. The lowest BCUT2D eigenvalue weighted by Gasteiger charge is -2.50. The lowest BCUT2D eigenvalue weighted by Crippen LogP contribution is -2.49. The molecule has 0 spiro atoms. The monoisotopic (exact) mass is 631 g/mol. The van der Waals surface area contributed by atoms with Gasteiger partial charge >= 0.3 is 12.1 Å². The van der Waals surface area contributed by atoms with Crippen LogP contribution in [0.3, 0.4) is 0 Å². The van der Waals surface area contributed by atoms with Gasteiger partial charge in [0, 0.05) is 30.5 Å². The third-order valence-corrected chi connectivity index (χ3v) is 10.1. The first kappa shape index (κ1) is 33.5. The standard InChI is InChI=1S/C36H49N5O5/c1-20-16-25(35(5,6)7)29(26(17-20)36(8,9)10)45-33(42)27-28(37-11)32(46-34(43)40-12-14-44-15-13-40)41-31(27)38-30(39-41)24-18-21(2)23(4)22(3)19-24/h18-20,25-26,29H,12-17H2,1-10H3,(H,38,39). The Bertz CT molecular complexity index is 1630. The van der Waals surface area contributed by atoms with Gasteiger partial charge in [0.2, 0.25) is 5.88 Å².